The number of hydrogen-bond acceptors (Lipinski definition) is 4. The first-order valence-corrected chi connectivity index (χ1v) is 6.75. The van der Waals surface area contributed by atoms with Crippen LogP contribution in [0.1, 0.15) is 17.5 Å². The molecule has 112 valence electrons. The number of aryl methyl sites for hydroxylation is 2. The van der Waals surface area contributed by atoms with Crippen molar-refractivity contribution in [3.8, 4) is 5.75 Å². The van der Waals surface area contributed by atoms with E-state index < -0.39 is 11.8 Å². The minimum absolute atomic E-state index is 0.0753. The lowest BCUT2D eigenvalue weighted by atomic mass is 10.1. The summed E-state index contributed by atoms with van der Waals surface area (Å²) >= 11 is 0. The highest BCUT2D eigenvalue weighted by atomic mass is 16.5. The molecule has 0 aromatic heterocycles. The third-order valence-corrected chi connectivity index (χ3v) is 3.08. The summed E-state index contributed by atoms with van der Waals surface area (Å²) in [5.41, 5.74) is 2.18. The lowest BCUT2D eigenvalue weighted by molar-refractivity contribution is -0.145. The van der Waals surface area contributed by atoms with Crippen LogP contribution in [0.25, 0.3) is 0 Å². The van der Waals surface area contributed by atoms with Crippen molar-refractivity contribution in [1.29, 1.82) is 0 Å². The molecule has 0 radical (unpaired) electrons. The lowest BCUT2D eigenvalue weighted by Crippen LogP contribution is -2.53. The van der Waals surface area contributed by atoms with Crippen molar-refractivity contribution in [2.45, 2.75) is 20.3 Å². The van der Waals surface area contributed by atoms with Crippen LogP contribution in [0.15, 0.2) is 18.2 Å². The Morgan fingerprint density at radius 2 is 1.71 bits per heavy atom. The van der Waals surface area contributed by atoms with Crippen molar-refractivity contribution >= 4 is 17.7 Å². The van der Waals surface area contributed by atoms with Gasteiger partial charge in [0.1, 0.15) is 18.8 Å². The molecule has 0 aliphatic carbocycles. The number of piperazine rings is 1. The molecule has 6 nitrogen and oxygen atoms in total. The number of carbonyl (C=O) groups is 3. The van der Waals surface area contributed by atoms with Gasteiger partial charge < -0.3 is 9.64 Å². The van der Waals surface area contributed by atoms with Crippen molar-refractivity contribution in [1.82, 2.24) is 10.2 Å². The topological polar surface area (TPSA) is 75.7 Å². The summed E-state index contributed by atoms with van der Waals surface area (Å²) in [7, 11) is 0. The van der Waals surface area contributed by atoms with E-state index in [-0.39, 0.29) is 32.0 Å². The Kier molecular flexibility index (Phi) is 4.57. The molecule has 1 aliphatic rings. The van der Waals surface area contributed by atoms with Crippen LogP contribution >= 0.6 is 0 Å². The molecule has 0 unspecified atom stereocenters. The predicted molar refractivity (Wildman–Crippen MR) is 75.8 cm³/mol. The SMILES string of the molecule is Cc1cc(C)cc(OCCC(=O)N2CC(=O)NC(=O)C2)c1. The summed E-state index contributed by atoms with van der Waals surface area (Å²) in [5, 5.41) is 2.16. The first kappa shape index (κ1) is 15.0. The summed E-state index contributed by atoms with van der Waals surface area (Å²) in [5.74, 6) is -0.444. The quantitative estimate of drug-likeness (QED) is 0.822. The van der Waals surface area contributed by atoms with E-state index in [1.54, 1.807) is 0 Å². The van der Waals surface area contributed by atoms with Crippen molar-refractivity contribution < 1.29 is 19.1 Å². The summed E-state index contributed by atoms with van der Waals surface area (Å²) < 4.78 is 5.55. The molecule has 3 amide bonds. The predicted octanol–water partition coefficient (Wildman–Crippen LogP) is 0.557. The van der Waals surface area contributed by atoms with E-state index >= 15 is 0 Å². The van der Waals surface area contributed by atoms with Gasteiger partial charge in [0.05, 0.1) is 13.0 Å². The number of amides is 3. The Morgan fingerprint density at radius 1 is 1.14 bits per heavy atom. The van der Waals surface area contributed by atoms with Gasteiger partial charge in [-0.2, -0.15) is 0 Å². The van der Waals surface area contributed by atoms with E-state index in [1.165, 1.54) is 4.90 Å². The number of hydrogen-bond donors (Lipinski definition) is 1. The molecule has 1 aromatic carbocycles. The number of carbonyl (C=O) groups excluding carboxylic acids is 3. The molecule has 1 aliphatic heterocycles. The first-order valence-electron chi connectivity index (χ1n) is 6.75. The highest BCUT2D eigenvalue weighted by Gasteiger charge is 2.25. The van der Waals surface area contributed by atoms with E-state index in [9.17, 15) is 14.4 Å². The smallest absolute Gasteiger partial charge is 0.246 e. The monoisotopic (exact) mass is 290 g/mol. The van der Waals surface area contributed by atoms with Crippen LogP contribution in [0.3, 0.4) is 0 Å². The molecule has 1 saturated heterocycles. The maximum absolute atomic E-state index is 11.9. The Hall–Kier alpha value is -2.37. The van der Waals surface area contributed by atoms with Crippen LogP contribution in [0.4, 0.5) is 0 Å². The average Bonchev–Trinajstić information content (AvgIpc) is 2.36. The molecule has 1 heterocycles. The summed E-state index contributed by atoms with van der Waals surface area (Å²) in [6, 6.07) is 5.83. The minimum Gasteiger partial charge on any atom is -0.493 e. The van der Waals surface area contributed by atoms with Crippen molar-refractivity contribution in [2.24, 2.45) is 0 Å². The van der Waals surface area contributed by atoms with Gasteiger partial charge in [-0.3, -0.25) is 19.7 Å². The van der Waals surface area contributed by atoms with E-state index in [2.05, 4.69) is 5.32 Å². The lowest BCUT2D eigenvalue weighted by Gasteiger charge is -2.25. The molecule has 0 atom stereocenters. The molecule has 1 fully saturated rings. The fraction of sp³-hybridized carbons (Fsp3) is 0.400. The van der Waals surface area contributed by atoms with Gasteiger partial charge in [-0.25, -0.2) is 0 Å². The molecular formula is C15H18N2O4. The van der Waals surface area contributed by atoms with Crippen LogP contribution < -0.4 is 10.1 Å². The highest BCUT2D eigenvalue weighted by molar-refractivity contribution is 6.02. The van der Waals surface area contributed by atoms with Crippen LogP contribution in [0.2, 0.25) is 0 Å². The van der Waals surface area contributed by atoms with Gasteiger partial charge in [-0.15, -0.1) is 0 Å². The molecule has 1 N–H and O–H groups in total. The molecule has 1 aromatic rings. The number of imide groups is 1. The Balaban J connectivity index is 1.84. The van der Waals surface area contributed by atoms with Gasteiger partial charge in [0, 0.05) is 0 Å². The van der Waals surface area contributed by atoms with Crippen molar-refractivity contribution in [2.75, 3.05) is 19.7 Å². The maximum Gasteiger partial charge on any atom is 0.246 e. The largest absolute Gasteiger partial charge is 0.493 e. The second-order valence-electron chi connectivity index (χ2n) is 5.14. The number of benzene rings is 1. The standard InChI is InChI=1S/C15H18N2O4/c1-10-5-11(2)7-12(6-10)21-4-3-15(20)17-8-13(18)16-14(19)9-17/h5-7H,3-4,8-9H2,1-2H3,(H,16,18,19). The van der Waals surface area contributed by atoms with Crippen LogP contribution in [-0.2, 0) is 14.4 Å². The molecule has 0 saturated carbocycles. The van der Waals surface area contributed by atoms with E-state index in [0.29, 0.717) is 5.75 Å². The average molecular weight is 290 g/mol. The molecule has 2 rings (SSSR count). The third-order valence-electron chi connectivity index (χ3n) is 3.08. The summed E-state index contributed by atoms with van der Waals surface area (Å²) in [6.07, 6.45) is 0.132. The van der Waals surface area contributed by atoms with Gasteiger partial charge in [0.2, 0.25) is 17.7 Å². The Labute approximate surface area is 123 Å². The van der Waals surface area contributed by atoms with Gasteiger partial charge >= 0.3 is 0 Å². The number of nitrogens with zero attached hydrogens (tertiary/aromatic N) is 1. The zero-order chi connectivity index (χ0) is 15.4. The molecule has 21 heavy (non-hydrogen) atoms. The fourth-order valence-corrected chi connectivity index (χ4v) is 2.24. The van der Waals surface area contributed by atoms with Gasteiger partial charge in [0.15, 0.2) is 0 Å². The van der Waals surface area contributed by atoms with Crippen LogP contribution in [-0.4, -0.2) is 42.3 Å². The van der Waals surface area contributed by atoms with E-state index in [4.69, 9.17) is 4.74 Å². The Bertz CT molecular complexity index is 547. The van der Waals surface area contributed by atoms with Gasteiger partial charge in [-0.1, -0.05) is 6.07 Å². The van der Waals surface area contributed by atoms with Crippen molar-refractivity contribution in [3.05, 3.63) is 29.3 Å². The minimum atomic E-state index is -0.449. The van der Waals surface area contributed by atoms with E-state index in [1.807, 2.05) is 32.0 Å². The maximum atomic E-state index is 11.9. The van der Waals surface area contributed by atoms with Crippen LogP contribution in [0.5, 0.6) is 5.75 Å². The summed E-state index contributed by atoms with van der Waals surface area (Å²) in [6.45, 7) is 4.02. The number of nitrogens with one attached hydrogen (secondary N) is 1. The Morgan fingerprint density at radius 3 is 2.29 bits per heavy atom. The zero-order valence-corrected chi connectivity index (χ0v) is 12.1. The second-order valence-corrected chi connectivity index (χ2v) is 5.14. The number of ether oxygens (including phenoxy) is 1. The normalized spacial score (nSPS) is 14.9. The molecule has 0 spiro atoms. The van der Waals surface area contributed by atoms with E-state index in [0.717, 1.165) is 11.1 Å². The number of rotatable bonds is 4. The van der Waals surface area contributed by atoms with Crippen molar-refractivity contribution in [3.63, 3.8) is 0 Å². The first-order chi connectivity index (χ1) is 9.94. The highest BCUT2D eigenvalue weighted by Crippen LogP contribution is 2.16. The summed E-state index contributed by atoms with van der Waals surface area (Å²) in [4.78, 5) is 35.6. The second kappa shape index (κ2) is 6.39. The molecule has 6 heteroatoms. The fourth-order valence-electron chi connectivity index (χ4n) is 2.24. The van der Waals surface area contributed by atoms with Crippen LogP contribution in [0, 0.1) is 13.8 Å². The van der Waals surface area contributed by atoms with Gasteiger partial charge in [-0.05, 0) is 37.1 Å². The molecule has 0 bridgehead atoms. The third kappa shape index (κ3) is 4.30. The van der Waals surface area contributed by atoms with Gasteiger partial charge in [0.25, 0.3) is 0 Å². The molecular weight excluding hydrogens is 272 g/mol. The zero-order valence-electron chi connectivity index (χ0n) is 12.1.